The van der Waals surface area contributed by atoms with Crippen LogP contribution in [0.25, 0.3) is 0 Å². The molecule has 3 N–H and O–H groups in total. The minimum Gasteiger partial charge on any atom is -0.399 e. The van der Waals surface area contributed by atoms with Crippen LogP contribution in [-0.2, 0) is 11.2 Å². The Kier molecular flexibility index (Phi) is 6.57. The number of hydrogen-bond acceptors (Lipinski definition) is 4. The smallest absolute Gasteiger partial charge is 0.267 e. The second kappa shape index (κ2) is 9.29. The Labute approximate surface area is 170 Å². The summed E-state index contributed by atoms with van der Waals surface area (Å²) in [5, 5.41) is 12.4. The monoisotopic (exact) mass is 394 g/mol. The summed E-state index contributed by atoms with van der Waals surface area (Å²) in [7, 11) is 0. The Morgan fingerprint density at radius 1 is 1.25 bits per heavy atom. The summed E-state index contributed by atoms with van der Waals surface area (Å²) in [6.07, 6.45) is 4.80. The summed E-state index contributed by atoms with van der Waals surface area (Å²) in [4.78, 5) is 14.5. The molecule has 5 nitrogen and oxygen atoms in total. The van der Waals surface area contributed by atoms with Crippen LogP contribution in [0, 0.1) is 17.2 Å². The number of rotatable bonds is 5. The largest absolute Gasteiger partial charge is 0.399 e. The molecule has 0 saturated carbocycles. The van der Waals surface area contributed by atoms with E-state index in [1.54, 1.807) is 24.4 Å². The van der Waals surface area contributed by atoms with Gasteiger partial charge in [0, 0.05) is 25.0 Å². The SMILES string of the molecule is N#C/C(=C/N1CCC(Cc2ccccc2)CC1)C(=O)Nc1ccc(N)cc1Cl. The van der Waals surface area contributed by atoms with Gasteiger partial charge in [-0.25, -0.2) is 0 Å². The van der Waals surface area contributed by atoms with E-state index < -0.39 is 5.91 Å². The zero-order valence-corrected chi connectivity index (χ0v) is 16.3. The van der Waals surface area contributed by atoms with E-state index in [-0.39, 0.29) is 5.57 Å². The van der Waals surface area contributed by atoms with E-state index in [4.69, 9.17) is 17.3 Å². The van der Waals surface area contributed by atoms with Gasteiger partial charge in [-0.15, -0.1) is 0 Å². The lowest BCUT2D eigenvalue weighted by Crippen LogP contribution is -2.31. The van der Waals surface area contributed by atoms with Crippen LogP contribution in [0.3, 0.4) is 0 Å². The number of anilines is 2. The van der Waals surface area contributed by atoms with Crippen LogP contribution in [0.2, 0.25) is 5.02 Å². The standard InChI is InChI=1S/C22H23ClN4O/c23-20-13-19(25)6-7-21(20)26-22(28)18(14-24)15-27-10-8-17(9-11-27)12-16-4-2-1-3-5-16/h1-7,13,15,17H,8-12,25H2,(H,26,28)/b18-15-. The molecule has 0 bridgehead atoms. The first-order valence-corrected chi connectivity index (χ1v) is 9.69. The van der Waals surface area contributed by atoms with Crippen molar-refractivity contribution in [3.8, 4) is 6.07 Å². The molecule has 1 fully saturated rings. The number of nitrogens with two attached hydrogens (primary N) is 1. The van der Waals surface area contributed by atoms with Gasteiger partial charge in [0.1, 0.15) is 11.6 Å². The van der Waals surface area contributed by atoms with Gasteiger partial charge in [0.25, 0.3) is 5.91 Å². The van der Waals surface area contributed by atoms with Crippen molar-refractivity contribution in [1.29, 1.82) is 5.26 Å². The number of nitrogens with one attached hydrogen (secondary N) is 1. The molecule has 0 radical (unpaired) electrons. The Hall–Kier alpha value is -2.97. The molecule has 28 heavy (non-hydrogen) atoms. The Morgan fingerprint density at radius 2 is 1.96 bits per heavy atom. The number of hydrogen-bond donors (Lipinski definition) is 2. The second-order valence-electron chi connectivity index (χ2n) is 7.02. The number of nitrogens with zero attached hydrogens (tertiary/aromatic N) is 2. The lowest BCUT2D eigenvalue weighted by Gasteiger charge is -2.31. The summed E-state index contributed by atoms with van der Waals surface area (Å²) in [5.74, 6) is 0.153. The Morgan fingerprint density at radius 3 is 2.61 bits per heavy atom. The highest BCUT2D eigenvalue weighted by Gasteiger charge is 2.20. The minimum absolute atomic E-state index is 0.0643. The molecular formula is C22H23ClN4O. The number of nitrogen functional groups attached to an aromatic ring is 1. The number of nitriles is 1. The van der Waals surface area contributed by atoms with Crippen molar-refractivity contribution in [2.75, 3.05) is 24.1 Å². The maximum Gasteiger partial charge on any atom is 0.267 e. The molecule has 2 aromatic carbocycles. The molecule has 1 heterocycles. The van der Waals surface area contributed by atoms with E-state index >= 15 is 0 Å². The molecule has 0 spiro atoms. The van der Waals surface area contributed by atoms with Crippen LogP contribution >= 0.6 is 11.6 Å². The number of amides is 1. The van der Waals surface area contributed by atoms with E-state index in [9.17, 15) is 10.1 Å². The number of halogens is 1. The van der Waals surface area contributed by atoms with Crippen molar-refractivity contribution in [3.05, 3.63) is 70.9 Å². The van der Waals surface area contributed by atoms with Crippen LogP contribution in [0.4, 0.5) is 11.4 Å². The van der Waals surface area contributed by atoms with Crippen LogP contribution in [-0.4, -0.2) is 23.9 Å². The topological polar surface area (TPSA) is 82.2 Å². The molecule has 0 aliphatic carbocycles. The van der Waals surface area contributed by atoms with Crippen molar-refractivity contribution in [2.45, 2.75) is 19.3 Å². The van der Waals surface area contributed by atoms with E-state index in [0.717, 1.165) is 32.4 Å². The summed E-state index contributed by atoms with van der Waals surface area (Å²) in [6, 6.07) is 17.3. The maximum absolute atomic E-state index is 12.4. The van der Waals surface area contributed by atoms with Gasteiger partial charge in [-0.05, 0) is 48.9 Å². The quantitative estimate of drug-likeness (QED) is 0.451. The predicted octanol–water partition coefficient (Wildman–Crippen LogP) is 4.22. The van der Waals surface area contributed by atoms with Crippen molar-refractivity contribution in [3.63, 3.8) is 0 Å². The predicted molar refractivity (Wildman–Crippen MR) is 113 cm³/mol. The van der Waals surface area contributed by atoms with E-state index in [0.29, 0.717) is 22.3 Å². The number of piperidine rings is 1. The average Bonchev–Trinajstić information content (AvgIpc) is 2.70. The molecule has 1 aliphatic heterocycles. The molecule has 144 valence electrons. The van der Waals surface area contributed by atoms with E-state index in [1.807, 2.05) is 17.0 Å². The second-order valence-corrected chi connectivity index (χ2v) is 7.42. The summed E-state index contributed by atoms with van der Waals surface area (Å²) in [6.45, 7) is 1.66. The lowest BCUT2D eigenvalue weighted by molar-refractivity contribution is -0.112. The van der Waals surface area contributed by atoms with Gasteiger partial charge in [-0.1, -0.05) is 41.9 Å². The van der Waals surface area contributed by atoms with Gasteiger partial charge in [0.2, 0.25) is 0 Å². The van der Waals surface area contributed by atoms with Gasteiger partial charge >= 0.3 is 0 Å². The van der Waals surface area contributed by atoms with Crippen molar-refractivity contribution < 1.29 is 4.79 Å². The van der Waals surface area contributed by atoms with E-state index in [2.05, 4.69) is 29.6 Å². The van der Waals surface area contributed by atoms with Crippen molar-refractivity contribution in [2.24, 2.45) is 5.92 Å². The number of benzene rings is 2. The fraction of sp³-hybridized carbons (Fsp3) is 0.273. The highest BCUT2D eigenvalue weighted by molar-refractivity contribution is 6.34. The van der Waals surface area contributed by atoms with Crippen LogP contribution in [0.15, 0.2) is 60.3 Å². The fourth-order valence-electron chi connectivity index (χ4n) is 3.38. The fourth-order valence-corrected chi connectivity index (χ4v) is 3.61. The highest BCUT2D eigenvalue weighted by atomic mass is 35.5. The third kappa shape index (κ3) is 5.28. The lowest BCUT2D eigenvalue weighted by atomic mass is 9.90. The minimum atomic E-state index is -0.472. The zero-order valence-electron chi connectivity index (χ0n) is 15.6. The first kappa shape index (κ1) is 19.8. The number of carbonyl (C=O) groups excluding carboxylic acids is 1. The average molecular weight is 395 g/mol. The van der Waals surface area contributed by atoms with Gasteiger partial charge in [-0.2, -0.15) is 5.26 Å². The molecule has 2 aromatic rings. The first-order valence-electron chi connectivity index (χ1n) is 9.31. The molecule has 1 amide bonds. The first-order chi connectivity index (χ1) is 13.5. The molecule has 0 aromatic heterocycles. The summed E-state index contributed by atoms with van der Waals surface area (Å²) < 4.78 is 0. The number of carbonyl (C=O) groups is 1. The maximum atomic E-state index is 12.4. The van der Waals surface area contributed by atoms with Gasteiger partial charge in [0.05, 0.1) is 10.7 Å². The summed E-state index contributed by atoms with van der Waals surface area (Å²) in [5.41, 5.74) is 8.03. The zero-order chi connectivity index (χ0) is 19.9. The molecule has 1 saturated heterocycles. The van der Waals surface area contributed by atoms with E-state index in [1.165, 1.54) is 5.56 Å². The van der Waals surface area contributed by atoms with Crippen LogP contribution in [0.1, 0.15) is 18.4 Å². The van der Waals surface area contributed by atoms with Crippen LogP contribution < -0.4 is 11.1 Å². The molecule has 0 unspecified atom stereocenters. The highest BCUT2D eigenvalue weighted by Crippen LogP contribution is 2.25. The summed E-state index contributed by atoms with van der Waals surface area (Å²) >= 11 is 6.09. The Balaban J connectivity index is 1.57. The Bertz CT molecular complexity index is 896. The van der Waals surface area contributed by atoms with Gasteiger partial charge in [0.15, 0.2) is 0 Å². The van der Waals surface area contributed by atoms with Crippen LogP contribution in [0.5, 0.6) is 0 Å². The molecule has 1 aliphatic rings. The van der Waals surface area contributed by atoms with Gasteiger partial charge in [-0.3, -0.25) is 4.79 Å². The van der Waals surface area contributed by atoms with Crippen molar-refractivity contribution >= 4 is 28.9 Å². The molecule has 6 heteroatoms. The van der Waals surface area contributed by atoms with Crippen molar-refractivity contribution in [1.82, 2.24) is 4.90 Å². The number of likely N-dealkylation sites (tertiary alicyclic amines) is 1. The third-order valence-electron chi connectivity index (χ3n) is 4.93. The molecular weight excluding hydrogens is 372 g/mol. The molecule has 3 rings (SSSR count). The van der Waals surface area contributed by atoms with Gasteiger partial charge < -0.3 is 16.0 Å². The molecule has 0 atom stereocenters. The third-order valence-corrected chi connectivity index (χ3v) is 5.25. The normalized spacial score (nSPS) is 15.1.